The van der Waals surface area contributed by atoms with E-state index in [1.54, 1.807) is 7.11 Å². The average Bonchev–Trinajstić information content (AvgIpc) is 3.26. The fourth-order valence-electron chi connectivity index (χ4n) is 3.05. The van der Waals surface area contributed by atoms with Gasteiger partial charge < -0.3 is 9.26 Å². The third kappa shape index (κ3) is 4.39. The molecule has 23 heavy (non-hydrogen) atoms. The van der Waals surface area contributed by atoms with Crippen LogP contribution in [0.4, 0.5) is 0 Å². The fourth-order valence-corrected chi connectivity index (χ4v) is 3.05. The lowest BCUT2D eigenvalue weighted by Crippen LogP contribution is -2.18. The molecule has 0 saturated heterocycles. The Bertz CT molecular complexity index is 603. The summed E-state index contributed by atoms with van der Waals surface area (Å²) in [6, 6.07) is 2.69. The highest BCUT2D eigenvalue weighted by Gasteiger charge is 2.18. The van der Waals surface area contributed by atoms with Crippen LogP contribution in [0.1, 0.15) is 49.1 Å². The lowest BCUT2D eigenvalue weighted by atomic mass is 10.3. The van der Waals surface area contributed by atoms with Gasteiger partial charge in [0.2, 0.25) is 5.89 Å². The van der Waals surface area contributed by atoms with E-state index in [2.05, 4.69) is 32.0 Å². The van der Waals surface area contributed by atoms with Crippen molar-refractivity contribution < 1.29 is 9.26 Å². The summed E-state index contributed by atoms with van der Waals surface area (Å²) in [4.78, 5) is 6.51. The Kier molecular flexibility index (Phi) is 5.40. The molecule has 0 amide bonds. The summed E-state index contributed by atoms with van der Waals surface area (Å²) in [5, 5.41) is 8.67. The largest absolute Gasteiger partial charge is 0.384 e. The van der Waals surface area contributed by atoms with Crippen LogP contribution in [0.3, 0.4) is 0 Å². The van der Waals surface area contributed by atoms with Crippen molar-refractivity contribution in [1.82, 2.24) is 24.8 Å². The van der Waals surface area contributed by atoms with Gasteiger partial charge >= 0.3 is 0 Å². The first-order valence-electron chi connectivity index (χ1n) is 8.27. The SMILES string of the molecule is COCCc1noc(CN(C)Cc2ccn(C3CCCC3)n2)n1. The molecule has 1 aliphatic rings. The molecular weight excluding hydrogens is 294 g/mol. The van der Waals surface area contributed by atoms with Crippen molar-refractivity contribution in [3.63, 3.8) is 0 Å². The summed E-state index contributed by atoms with van der Waals surface area (Å²) in [7, 11) is 3.70. The number of rotatable bonds is 8. The molecule has 1 fully saturated rings. The van der Waals surface area contributed by atoms with E-state index in [0.29, 0.717) is 37.3 Å². The molecule has 0 unspecified atom stereocenters. The Morgan fingerprint density at radius 3 is 2.96 bits per heavy atom. The molecule has 0 aliphatic heterocycles. The van der Waals surface area contributed by atoms with Crippen molar-refractivity contribution in [2.24, 2.45) is 0 Å². The summed E-state index contributed by atoms with van der Waals surface area (Å²) in [5.41, 5.74) is 1.08. The molecular formula is C16H25N5O2. The maximum atomic E-state index is 5.27. The molecule has 0 aromatic carbocycles. The van der Waals surface area contributed by atoms with Crippen LogP contribution in [-0.4, -0.2) is 45.6 Å². The first-order chi connectivity index (χ1) is 11.2. The summed E-state index contributed by atoms with van der Waals surface area (Å²) in [6.45, 7) is 2.00. The highest BCUT2D eigenvalue weighted by molar-refractivity contribution is 5.00. The number of ether oxygens (including phenoxy) is 1. The second-order valence-corrected chi connectivity index (χ2v) is 6.24. The molecule has 1 aliphatic carbocycles. The molecule has 0 N–H and O–H groups in total. The predicted molar refractivity (Wildman–Crippen MR) is 84.8 cm³/mol. The van der Waals surface area contributed by atoms with E-state index < -0.39 is 0 Å². The molecule has 1 saturated carbocycles. The fraction of sp³-hybridized carbons (Fsp3) is 0.688. The first-order valence-corrected chi connectivity index (χ1v) is 8.27. The number of methoxy groups -OCH3 is 1. The second kappa shape index (κ2) is 7.70. The van der Waals surface area contributed by atoms with Crippen LogP contribution in [0.25, 0.3) is 0 Å². The molecule has 0 bridgehead atoms. The number of aromatic nitrogens is 4. The minimum Gasteiger partial charge on any atom is -0.384 e. The zero-order valence-corrected chi connectivity index (χ0v) is 13.9. The molecule has 2 aromatic rings. The third-order valence-electron chi connectivity index (χ3n) is 4.24. The van der Waals surface area contributed by atoms with Gasteiger partial charge in [0, 0.05) is 26.3 Å². The van der Waals surface area contributed by atoms with Crippen molar-refractivity contribution in [3.05, 3.63) is 29.7 Å². The van der Waals surface area contributed by atoms with Gasteiger partial charge in [0.1, 0.15) is 0 Å². The zero-order valence-electron chi connectivity index (χ0n) is 13.9. The Hall–Kier alpha value is -1.73. The van der Waals surface area contributed by atoms with Crippen LogP contribution >= 0.6 is 0 Å². The zero-order chi connectivity index (χ0) is 16.1. The van der Waals surface area contributed by atoms with Gasteiger partial charge in [0.15, 0.2) is 5.82 Å². The van der Waals surface area contributed by atoms with Gasteiger partial charge in [0.25, 0.3) is 0 Å². The quantitative estimate of drug-likeness (QED) is 0.743. The van der Waals surface area contributed by atoms with Gasteiger partial charge in [-0.05, 0) is 26.0 Å². The highest BCUT2D eigenvalue weighted by atomic mass is 16.5. The second-order valence-electron chi connectivity index (χ2n) is 6.24. The van der Waals surface area contributed by atoms with Crippen LogP contribution in [0.5, 0.6) is 0 Å². The summed E-state index contributed by atoms with van der Waals surface area (Å²) < 4.78 is 12.4. The van der Waals surface area contributed by atoms with E-state index in [4.69, 9.17) is 14.4 Å². The molecule has 0 atom stereocenters. The van der Waals surface area contributed by atoms with Crippen molar-refractivity contribution in [1.29, 1.82) is 0 Å². The molecule has 7 nitrogen and oxygen atoms in total. The van der Waals surface area contributed by atoms with Crippen LogP contribution < -0.4 is 0 Å². The van der Waals surface area contributed by atoms with E-state index in [-0.39, 0.29) is 0 Å². The van der Waals surface area contributed by atoms with E-state index >= 15 is 0 Å². The molecule has 0 spiro atoms. The van der Waals surface area contributed by atoms with Crippen molar-refractivity contribution in [3.8, 4) is 0 Å². The molecule has 126 valence electrons. The maximum absolute atomic E-state index is 5.27. The number of nitrogens with zero attached hydrogens (tertiary/aromatic N) is 5. The molecule has 2 heterocycles. The van der Waals surface area contributed by atoms with Gasteiger partial charge in [-0.1, -0.05) is 18.0 Å². The van der Waals surface area contributed by atoms with E-state index in [1.807, 2.05) is 7.05 Å². The van der Waals surface area contributed by atoms with Crippen molar-refractivity contribution in [2.45, 2.75) is 51.2 Å². The van der Waals surface area contributed by atoms with E-state index in [9.17, 15) is 0 Å². The molecule has 2 aromatic heterocycles. The topological polar surface area (TPSA) is 69.2 Å². The highest BCUT2D eigenvalue weighted by Crippen LogP contribution is 2.28. The minimum absolute atomic E-state index is 0.591. The standard InChI is InChI=1S/C16H25N5O2/c1-20(12-16-17-15(19-23-16)8-10-22-2)11-13-7-9-21(18-13)14-5-3-4-6-14/h7,9,14H,3-6,8,10-12H2,1-2H3. The first kappa shape index (κ1) is 16.1. The van der Waals surface area contributed by atoms with Crippen LogP contribution in [-0.2, 0) is 24.2 Å². The summed E-state index contributed by atoms with van der Waals surface area (Å²) in [6.07, 6.45) is 7.93. The van der Waals surface area contributed by atoms with Crippen LogP contribution in [0.2, 0.25) is 0 Å². The number of hydrogen-bond donors (Lipinski definition) is 0. The minimum atomic E-state index is 0.591. The van der Waals surface area contributed by atoms with Gasteiger partial charge in [-0.3, -0.25) is 9.58 Å². The Morgan fingerprint density at radius 1 is 1.35 bits per heavy atom. The Balaban J connectivity index is 1.50. The van der Waals surface area contributed by atoms with E-state index in [1.165, 1.54) is 25.7 Å². The summed E-state index contributed by atoms with van der Waals surface area (Å²) >= 11 is 0. The summed E-state index contributed by atoms with van der Waals surface area (Å²) in [5.74, 6) is 1.33. The Labute approximate surface area is 136 Å². The van der Waals surface area contributed by atoms with Crippen LogP contribution in [0.15, 0.2) is 16.8 Å². The van der Waals surface area contributed by atoms with Gasteiger partial charge in [-0.15, -0.1) is 0 Å². The van der Waals surface area contributed by atoms with E-state index in [0.717, 1.165) is 12.2 Å². The normalized spacial score (nSPS) is 15.8. The van der Waals surface area contributed by atoms with Gasteiger partial charge in [0.05, 0.1) is 24.9 Å². The smallest absolute Gasteiger partial charge is 0.240 e. The molecule has 3 rings (SSSR count). The van der Waals surface area contributed by atoms with Crippen molar-refractivity contribution >= 4 is 0 Å². The van der Waals surface area contributed by atoms with Gasteiger partial charge in [-0.2, -0.15) is 10.1 Å². The average molecular weight is 319 g/mol. The predicted octanol–water partition coefficient (Wildman–Crippen LogP) is 2.20. The lowest BCUT2D eigenvalue weighted by Gasteiger charge is -2.13. The van der Waals surface area contributed by atoms with Crippen molar-refractivity contribution in [2.75, 3.05) is 20.8 Å². The van der Waals surface area contributed by atoms with Crippen LogP contribution in [0, 0.1) is 0 Å². The lowest BCUT2D eigenvalue weighted by molar-refractivity contribution is 0.199. The van der Waals surface area contributed by atoms with Gasteiger partial charge in [-0.25, -0.2) is 0 Å². The molecule has 0 radical (unpaired) electrons. The third-order valence-corrected chi connectivity index (χ3v) is 4.24. The maximum Gasteiger partial charge on any atom is 0.240 e. The Morgan fingerprint density at radius 2 is 2.17 bits per heavy atom. The monoisotopic (exact) mass is 319 g/mol. The number of hydrogen-bond acceptors (Lipinski definition) is 6. The molecule has 7 heteroatoms.